The summed E-state index contributed by atoms with van der Waals surface area (Å²) in [4.78, 5) is 12.0. The van der Waals surface area contributed by atoms with Gasteiger partial charge in [0.15, 0.2) is 5.76 Å². The van der Waals surface area contributed by atoms with E-state index in [0.29, 0.717) is 6.54 Å². The van der Waals surface area contributed by atoms with Crippen LogP contribution >= 0.6 is 0 Å². The number of carbonyl (C=O) groups excluding carboxylic acids is 1. The van der Waals surface area contributed by atoms with Crippen LogP contribution in [0.2, 0.25) is 0 Å². The van der Waals surface area contributed by atoms with Gasteiger partial charge in [0.2, 0.25) is 0 Å². The molecule has 28 heavy (non-hydrogen) atoms. The van der Waals surface area contributed by atoms with Crippen LogP contribution in [-0.4, -0.2) is 16.7 Å². The SMILES string of the molecule is Cc1c(/C=N\NC(=O)c2ccco2)c2ccccc2n1Cc1ccc(F)cc1. The van der Waals surface area contributed by atoms with Crippen molar-refractivity contribution in [3.63, 3.8) is 0 Å². The maximum atomic E-state index is 13.2. The Bertz CT molecular complexity index is 1140. The molecule has 4 rings (SSSR count). The van der Waals surface area contributed by atoms with Gasteiger partial charge in [-0.2, -0.15) is 5.10 Å². The molecule has 0 aliphatic rings. The number of amides is 1. The number of para-hydroxylation sites is 1. The van der Waals surface area contributed by atoms with E-state index in [4.69, 9.17) is 4.42 Å². The quantitative estimate of drug-likeness (QED) is 0.413. The second-order valence-electron chi connectivity index (χ2n) is 6.41. The summed E-state index contributed by atoms with van der Waals surface area (Å²) in [6, 6.07) is 17.7. The molecular formula is C22H18FN3O2. The van der Waals surface area contributed by atoms with Crippen LogP contribution in [0.15, 0.2) is 76.4 Å². The molecule has 2 heterocycles. The number of hydrazone groups is 1. The maximum Gasteiger partial charge on any atom is 0.307 e. The van der Waals surface area contributed by atoms with Gasteiger partial charge in [0.05, 0.1) is 12.5 Å². The molecule has 0 saturated carbocycles. The number of hydrogen-bond donors (Lipinski definition) is 1. The minimum absolute atomic E-state index is 0.201. The van der Waals surface area contributed by atoms with Gasteiger partial charge >= 0.3 is 5.91 Å². The zero-order valence-electron chi connectivity index (χ0n) is 15.2. The number of furan rings is 1. The number of rotatable bonds is 5. The predicted molar refractivity (Wildman–Crippen MR) is 106 cm³/mol. The third kappa shape index (κ3) is 3.44. The lowest BCUT2D eigenvalue weighted by Gasteiger charge is -2.08. The molecule has 0 aliphatic heterocycles. The number of benzene rings is 2. The Morgan fingerprint density at radius 1 is 1.14 bits per heavy atom. The van der Waals surface area contributed by atoms with Gasteiger partial charge in [-0.15, -0.1) is 0 Å². The number of nitrogens with zero attached hydrogens (tertiary/aromatic N) is 2. The van der Waals surface area contributed by atoms with Gasteiger partial charge in [-0.3, -0.25) is 4.79 Å². The fraction of sp³-hybridized carbons (Fsp3) is 0.0909. The smallest absolute Gasteiger partial charge is 0.307 e. The Kier molecular flexibility index (Phi) is 4.76. The van der Waals surface area contributed by atoms with Crippen molar-refractivity contribution in [2.75, 3.05) is 0 Å². The highest BCUT2D eigenvalue weighted by Gasteiger charge is 2.13. The lowest BCUT2D eigenvalue weighted by atomic mass is 10.1. The van der Waals surface area contributed by atoms with E-state index in [2.05, 4.69) is 15.1 Å². The molecule has 2 aromatic heterocycles. The standard InChI is InChI=1S/C22H18FN3O2/c1-15-19(13-24-25-22(27)21-7-4-12-28-21)18-5-2-3-6-20(18)26(15)14-16-8-10-17(23)11-9-16/h2-13H,14H2,1H3,(H,25,27)/b24-13-. The van der Waals surface area contributed by atoms with Gasteiger partial charge < -0.3 is 8.98 Å². The third-order valence-electron chi connectivity index (χ3n) is 4.64. The van der Waals surface area contributed by atoms with Gasteiger partial charge in [0.25, 0.3) is 0 Å². The van der Waals surface area contributed by atoms with Crippen molar-refractivity contribution in [3.8, 4) is 0 Å². The first-order valence-corrected chi connectivity index (χ1v) is 8.82. The Balaban J connectivity index is 1.65. The summed E-state index contributed by atoms with van der Waals surface area (Å²) in [5, 5.41) is 5.12. The normalized spacial score (nSPS) is 11.4. The first-order valence-electron chi connectivity index (χ1n) is 8.82. The summed E-state index contributed by atoms with van der Waals surface area (Å²) in [6.07, 6.45) is 3.07. The van der Waals surface area contributed by atoms with Crippen LogP contribution in [0.3, 0.4) is 0 Å². The summed E-state index contributed by atoms with van der Waals surface area (Å²) in [5.41, 5.74) is 6.44. The van der Waals surface area contributed by atoms with Crippen LogP contribution in [-0.2, 0) is 6.54 Å². The average Bonchev–Trinajstić information content (AvgIpc) is 3.33. The van der Waals surface area contributed by atoms with E-state index in [-0.39, 0.29) is 11.6 Å². The van der Waals surface area contributed by atoms with Crippen LogP contribution in [0.5, 0.6) is 0 Å². The average molecular weight is 375 g/mol. The second kappa shape index (κ2) is 7.52. The summed E-state index contributed by atoms with van der Waals surface area (Å²) in [5.74, 6) is -0.459. The fourth-order valence-corrected chi connectivity index (χ4v) is 3.22. The summed E-state index contributed by atoms with van der Waals surface area (Å²) in [6.45, 7) is 2.61. The molecule has 1 N–H and O–H groups in total. The fourth-order valence-electron chi connectivity index (χ4n) is 3.22. The van der Waals surface area contributed by atoms with Crippen molar-refractivity contribution in [3.05, 3.63) is 95.3 Å². The summed E-state index contributed by atoms with van der Waals surface area (Å²) >= 11 is 0. The van der Waals surface area contributed by atoms with E-state index in [1.165, 1.54) is 18.4 Å². The molecule has 0 unspecified atom stereocenters. The van der Waals surface area contributed by atoms with Crippen LogP contribution < -0.4 is 5.43 Å². The summed E-state index contributed by atoms with van der Waals surface area (Å²) < 4.78 is 20.4. The lowest BCUT2D eigenvalue weighted by molar-refractivity contribution is 0.0927. The molecule has 0 fully saturated rings. The molecule has 0 radical (unpaired) electrons. The van der Waals surface area contributed by atoms with Crippen molar-refractivity contribution < 1.29 is 13.6 Å². The van der Waals surface area contributed by atoms with Crippen LogP contribution in [0.1, 0.15) is 27.4 Å². The van der Waals surface area contributed by atoms with Crippen LogP contribution in [0, 0.1) is 12.7 Å². The Labute approximate surface area is 161 Å². The first kappa shape index (κ1) is 17.7. The van der Waals surface area contributed by atoms with Crippen molar-refractivity contribution in [2.24, 2.45) is 5.10 Å². The molecule has 5 nitrogen and oxygen atoms in total. The molecule has 0 aliphatic carbocycles. The summed E-state index contributed by atoms with van der Waals surface area (Å²) in [7, 11) is 0. The third-order valence-corrected chi connectivity index (χ3v) is 4.64. The predicted octanol–water partition coefficient (Wildman–Crippen LogP) is 4.49. The van der Waals surface area contributed by atoms with Gasteiger partial charge in [-0.1, -0.05) is 30.3 Å². The molecule has 1 amide bonds. The number of aromatic nitrogens is 1. The molecule has 140 valence electrons. The van der Waals surface area contributed by atoms with Crippen LogP contribution in [0.4, 0.5) is 4.39 Å². The van der Waals surface area contributed by atoms with Crippen molar-refractivity contribution in [1.82, 2.24) is 9.99 Å². The van der Waals surface area contributed by atoms with Crippen molar-refractivity contribution >= 4 is 23.0 Å². The molecule has 4 aromatic rings. The topological polar surface area (TPSA) is 59.5 Å². The van der Waals surface area contributed by atoms with E-state index in [0.717, 1.165) is 27.7 Å². The zero-order valence-corrected chi connectivity index (χ0v) is 15.2. The largest absolute Gasteiger partial charge is 0.459 e. The molecular weight excluding hydrogens is 357 g/mol. The molecule has 0 spiro atoms. The minimum Gasteiger partial charge on any atom is -0.459 e. The highest BCUT2D eigenvalue weighted by molar-refractivity contribution is 6.01. The van der Waals surface area contributed by atoms with Gasteiger partial charge in [0, 0.05) is 28.7 Å². The van der Waals surface area contributed by atoms with Crippen molar-refractivity contribution in [2.45, 2.75) is 13.5 Å². The number of carbonyl (C=O) groups is 1. The van der Waals surface area contributed by atoms with Crippen molar-refractivity contribution in [1.29, 1.82) is 0 Å². The van der Waals surface area contributed by atoms with E-state index >= 15 is 0 Å². The molecule has 2 aromatic carbocycles. The van der Waals surface area contributed by atoms with Gasteiger partial charge in [-0.05, 0) is 42.8 Å². The Morgan fingerprint density at radius 3 is 2.68 bits per heavy atom. The highest BCUT2D eigenvalue weighted by atomic mass is 19.1. The molecule has 6 heteroatoms. The zero-order chi connectivity index (χ0) is 19.5. The lowest BCUT2D eigenvalue weighted by Crippen LogP contribution is -2.16. The van der Waals surface area contributed by atoms with Gasteiger partial charge in [-0.25, -0.2) is 9.82 Å². The number of hydrogen-bond acceptors (Lipinski definition) is 3. The molecule has 0 bridgehead atoms. The van der Waals surface area contributed by atoms with E-state index < -0.39 is 5.91 Å². The minimum atomic E-state index is -0.408. The molecule has 0 saturated heterocycles. The highest BCUT2D eigenvalue weighted by Crippen LogP contribution is 2.25. The number of nitrogens with one attached hydrogen (secondary N) is 1. The van der Waals surface area contributed by atoms with E-state index in [1.54, 1.807) is 30.5 Å². The number of halogens is 1. The Hall–Kier alpha value is -3.67. The second-order valence-corrected chi connectivity index (χ2v) is 6.41. The van der Waals surface area contributed by atoms with Crippen LogP contribution in [0.25, 0.3) is 10.9 Å². The first-order chi connectivity index (χ1) is 13.6. The number of fused-ring (bicyclic) bond motifs is 1. The van der Waals surface area contributed by atoms with E-state index in [9.17, 15) is 9.18 Å². The maximum absolute atomic E-state index is 13.2. The Morgan fingerprint density at radius 2 is 1.93 bits per heavy atom. The van der Waals surface area contributed by atoms with E-state index in [1.807, 2.05) is 31.2 Å². The monoisotopic (exact) mass is 375 g/mol. The molecule has 0 atom stereocenters. The van der Waals surface area contributed by atoms with Gasteiger partial charge in [0.1, 0.15) is 5.82 Å².